The van der Waals surface area contributed by atoms with Crippen LogP contribution < -0.4 is 9.47 Å². The summed E-state index contributed by atoms with van der Waals surface area (Å²) in [7, 11) is 0. The SMILES string of the molecule is CCOc1ccc(-c2ccc(OCCN3CCOCC3)c(/C=C3\SC(=S)N(CCc4ccc(C(=O)O)cc4)C3=O)c2)cc1Cl. The molecule has 2 aliphatic rings. The van der Waals surface area contributed by atoms with Crippen LogP contribution in [0.5, 0.6) is 11.5 Å². The maximum atomic E-state index is 13.5. The number of carbonyl (C=O) groups is 2. The largest absolute Gasteiger partial charge is 0.492 e. The molecule has 0 saturated carbocycles. The quantitative estimate of drug-likeness (QED) is 0.180. The Kier molecular flexibility index (Phi) is 10.9. The molecule has 0 aromatic heterocycles. The predicted molar refractivity (Wildman–Crippen MR) is 178 cm³/mol. The van der Waals surface area contributed by atoms with Crippen molar-refractivity contribution in [1.82, 2.24) is 9.80 Å². The highest BCUT2D eigenvalue weighted by Gasteiger charge is 2.32. The van der Waals surface area contributed by atoms with Gasteiger partial charge < -0.3 is 19.3 Å². The minimum absolute atomic E-state index is 0.170. The second kappa shape index (κ2) is 15.0. The van der Waals surface area contributed by atoms with Crippen LogP contribution in [0.15, 0.2) is 65.6 Å². The van der Waals surface area contributed by atoms with E-state index in [2.05, 4.69) is 4.90 Å². The summed E-state index contributed by atoms with van der Waals surface area (Å²) >= 11 is 13.3. The molecule has 5 rings (SSSR count). The lowest BCUT2D eigenvalue weighted by Crippen LogP contribution is -2.38. The second-order valence-electron chi connectivity index (χ2n) is 10.2. The molecule has 3 aromatic rings. The van der Waals surface area contributed by atoms with Crippen molar-refractivity contribution in [2.24, 2.45) is 0 Å². The van der Waals surface area contributed by atoms with Gasteiger partial charge in [-0.15, -0.1) is 0 Å². The molecule has 2 saturated heterocycles. The number of amides is 1. The van der Waals surface area contributed by atoms with Gasteiger partial charge in [-0.1, -0.05) is 59.8 Å². The lowest BCUT2D eigenvalue weighted by molar-refractivity contribution is -0.122. The number of carboxylic acid groups (broad SMARTS) is 1. The van der Waals surface area contributed by atoms with Crippen LogP contribution in [0.4, 0.5) is 0 Å². The Morgan fingerprint density at radius 2 is 1.73 bits per heavy atom. The van der Waals surface area contributed by atoms with E-state index < -0.39 is 5.97 Å². The molecule has 8 nitrogen and oxygen atoms in total. The van der Waals surface area contributed by atoms with Gasteiger partial charge in [-0.25, -0.2) is 4.79 Å². The van der Waals surface area contributed by atoms with Gasteiger partial charge in [-0.05, 0) is 72.5 Å². The summed E-state index contributed by atoms with van der Waals surface area (Å²) < 4.78 is 17.8. The molecule has 230 valence electrons. The Bertz CT molecular complexity index is 1560. The Morgan fingerprint density at radius 3 is 2.41 bits per heavy atom. The van der Waals surface area contributed by atoms with Crippen LogP contribution in [0.3, 0.4) is 0 Å². The molecule has 0 atom stereocenters. The zero-order chi connectivity index (χ0) is 31.1. The smallest absolute Gasteiger partial charge is 0.335 e. The van der Waals surface area contributed by atoms with E-state index in [9.17, 15) is 9.59 Å². The Morgan fingerprint density at radius 1 is 1.02 bits per heavy atom. The molecular weight excluding hydrogens is 620 g/mol. The minimum atomic E-state index is -0.974. The van der Waals surface area contributed by atoms with Crippen LogP contribution in [-0.4, -0.2) is 83.7 Å². The standard InChI is InChI=1S/C33H33ClN2O6S2/c1-2-41-29-10-8-25(20-27(29)34)24-7-9-28(42-18-15-35-13-16-40-17-14-35)26(19-24)21-30-31(37)36(33(43)44-30)12-11-22-3-5-23(6-4-22)32(38)39/h3-10,19-21H,2,11-18H2,1H3,(H,38,39)/b30-21-. The van der Waals surface area contributed by atoms with Crippen molar-refractivity contribution in [2.45, 2.75) is 13.3 Å². The van der Waals surface area contributed by atoms with Gasteiger partial charge in [-0.2, -0.15) is 0 Å². The summed E-state index contributed by atoms with van der Waals surface area (Å²) in [6.45, 7) is 7.29. The summed E-state index contributed by atoms with van der Waals surface area (Å²) in [6, 6.07) is 18.2. The molecule has 1 amide bonds. The first kappa shape index (κ1) is 32.0. The third kappa shape index (κ3) is 7.99. The highest BCUT2D eigenvalue weighted by molar-refractivity contribution is 8.26. The molecular formula is C33H33ClN2O6S2. The number of carbonyl (C=O) groups excluding carboxylic acids is 1. The number of thiocarbonyl (C=S) groups is 1. The van der Waals surface area contributed by atoms with Crippen molar-refractivity contribution in [3.8, 4) is 22.6 Å². The van der Waals surface area contributed by atoms with Crippen molar-refractivity contribution in [3.63, 3.8) is 0 Å². The zero-order valence-corrected chi connectivity index (χ0v) is 26.7. The topological polar surface area (TPSA) is 88.5 Å². The van der Waals surface area contributed by atoms with Gasteiger partial charge in [0.15, 0.2) is 0 Å². The number of thioether (sulfide) groups is 1. The first-order chi connectivity index (χ1) is 21.3. The number of ether oxygens (including phenoxy) is 3. The lowest BCUT2D eigenvalue weighted by atomic mass is 10.0. The number of hydrogen-bond donors (Lipinski definition) is 1. The number of nitrogens with zero attached hydrogens (tertiary/aromatic N) is 2. The van der Waals surface area contributed by atoms with E-state index in [-0.39, 0.29) is 11.5 Å². The highest BCUT2D eigenvalue weighted by atomic mass is 35.5. The van der Waals surface area contributed by atoms with E-state index in [1.54, 1.807) is 29.2 Å². The fourth-order valence-corrected chi connectivity index (χ4v) is 6.46. The Balaban J connectivity index is 1.36. The predicted octanol–water partition coefficient (Wildman–Crippen LogP) is 6.26. The first-order valence-electron chi connectivity index (χ1n) is 14.4. The van der Waals surface area contributed by atoms with Crippen molar-refractivity contribution >= 4 is 57.9 Å². The normalized spacial score (nSPS) is 16.5. The fourth-order valence-electron chi connectivity index (χ4n) is 4.92. The van der Waals surface area contributed by atoms with Crippen LogP contribution in [-0.2, 0) is 16.0 Å². The molecule has 2 heterocycles. The van der Waals surface area contributed by atoms with E-state index in [1.165, 1.54) is 11.8 Å². The van der Waals surface area contributed by atoms with E-state index in [1.807, 2.05) is 49.4 Å². The Labute approximate surface area is 271 Å². The average molecular weight is 653 g/mol. The Hall–Kier alpha value is -3.41. The van der Waals surface area contributed by atoms with Crippen LogP contribution in [0.25, 0.3) is 17.2 Å². The van der Waals surface area contributed by atoms with Gasteiger partial charge in [0.1, 0.15) is 22.4 Å². The van der Waals surface area contributed by atoms with E-state index in [4.69, 9.17) is 43.1 Å². The third-order valence-electron chi connectivity index (χ3n) is 7.33. The van der Waals surface area contributed by atoms with Gasteiger partial charge in [0.05, 0.1) is 35.3 Å². The van der Waals surface area contributed by atoms with Gasteiger partial charge in [0.2, 0.25) is 0 Å². The molecule has 2 aliphatic heterocycles. The molecule has 2 fully saturated rings. The number of benzene rings is 3. The van der Waals surface area contributed by atoms with E-state index in [0.29, 0.717) is 51.9 Å². The summed E-state index contributed by atoms with van der Waals surface area (Å²) in [5.41, 5.74) is 3.74. The molecule has 0 spiro atoms. The lowest BCUT2D eigenvalue weighted by Gasteiger charge is -2.26. The maximum Gasteiger partial charge on any atom is 0.335 e. The number of rotatable bonds is 12. The molecule has 3 aromatic carbocycles. The average Bonchev–Trinajstić information content (AvgIpc) is 3.29. The maximum absolute atomic E-state index is 13.5. The molecule has 0 bridgehead atoms. The van der Waals surface area contributed by atoms with E-state index in [0.717, 1.165) is 55.1 Å². The van der Waals surface area contributed by atoms with Gasteiger partial charge >= 0.3 is 5.97 Å². The summed E-state index contributed by atoms with van der Waals surface area (Å²) in [5.74, 6) is 0.152. The first-order valence-corrected chi connectivity index (χ1v) is 16.0. The number of halogens is 1. The third-order valence-corrected chi connectivity index (χ3v) is 9.00. The summed E-state index contributed by atoms with van der Waals surface area (Å²) in [4.78, 5) is 29.1. The summed E-state index contributed by atoms with van der Waals surface area (Å²) in [5, 5.41) is 9.67. The van der Waals surface area contributed by atoms with Gasteiger partial charge in [0.25, 0.3) is 5.91 Å². The van der Waals surface area contributed by atoms with Gasteiger partial charge in [0, 0.05) is 31.7 Å². The number of hydrogen-bond acceptors (Lipinski definition) is 8. The molecule has 44 heavy (non-hydrogen) atoms. The van der Waals surface area contributed by atoms with Crippen LogP contribution in [0, 0.1) is 0 Å². The zero-order valence-electron chi connectivity index (χ0n) is 24.3. The highest BCUT2D eigenvalue weighted by Crippen LogP contribution is 2.37. The van der Waals surface area contributed by atoms with E-state index >= 15 is 0 Å². The number of morpholine rings is 1. The van der Waals surface area contributed by atoms with Crippen LogP contribution >= 0.6 is 35.6 Å². The van der Waals surface area contributed by atoms with Crippen LogP contribution in [0.2, 0.25) is 5.02 Å². The number of aromatic carboxylic acids is 1. The van der Waals surface area contributed by atoms with Gasteiger partial charge in [-0.3, -0.25) is 14.6 Å². The molecule has 0 unspecified atom stereocenters. The summed E-state index contributed by atoms with van der Waals surface area (Å²) in [6.07, 6.45) is 2.38. The van der Waals surface area contributed by atoms with Crippen molar-refractivity contribution in [2.75, 3.05) is 52.6 Å². The van der Waals surface area contributed by atoms with Crippen molar-refractivity contribution in [1.29, 1.82) is 0 Å². The molecule has 1 N–H and O–H groups in total. The monoisotopic (exact) mass is 652 g/mol. The van der Waals surface area contributed by atoms with Crippen LogP contribution in [0.1, 0.15) is 28.4 Å². The molecule has 11 heteroatoms. The fraction of sp³-hybridized carbons (Fsp3) is 0.303. The van der Waals surface area contributed by atoms with Crippen molar-refractivity contribution < 1.29 is 28.9 Å². The molecule has 0 radical (unpaired) electrons. The minimum Gasteiger partial charge on any atom is -0.492 e. The van der Waals surface area contributed by atoms with Crippen molar-refractivity contribution in [3.05, 3.63) is 87.3 Å². The number of carboxylic acids is 1. The molecule has 0 aliphatic carbocycles. The second-order valence-corrected chi connectivity index (χ2v) is 12.3.